The molecule has 0 fully saturated rings. The zero-order chi connectivity index (χ0) is 9.84. The molecule has 13 heavy (non-hydrogen) atoms. The van der Waals surface area contributed by atoms with Crippen LogP contribution >= 0.6 is 22.6 Å². The van der Waals surface area contributed by atoms with Gasteiger partial charge in [-0.15, -0.1) is 0 Å². The summed E-state index contributed by atoms with van der Waals surface area (Å²) in [7, 11) is 1.53. The molecule has 0 saturated carbocycles. The number of carbonyl (C=O) groups is 1. The van der Waals surface area contributed by atoms with Gasteiger partial charge in [0.1, 0.15) is 3.70 Å². The Bertz CT molecular complexity index is 327. The van der Waals surface area contributed by atoms with E-state index in [2.05, 4.69) is 4.98 Å². The fourth-order valence-corrected chi connectivity index (χ4v) is 1.40. The second-order valence-electron chi connectivity index (χ2n) is 2.41. The molecule has 0 aliphatic heterocycles. The minimum absolute atomic E-state index is 0.0275. The molecule has 1 rings (SSSR count). The van der Waals surface area contributed by atoms with Gasteiger partial charge >= 0.3 is 5.97 Å². The third kappa shape index (κ3) is 2.83. The molecule has 0 atom stereocenters. The number of halogens is 1. The maximum atomic E-state index is 10.4. The Labute approximate surface area is 89.1 Å². The predicted molar refractivity (Wildman–Crippen MR) is 54.8 cm³/mol. The molecule has 5 heteroatoms. The summed E-state index contributed by atoms with van der Waals surface area (Å²) in [5.74, 6) is -0.260. The summed E-state index contributed by atoms with van der Waals surface area (Å²) in [6.45, 7) is 0. The highest BCUT2D eigenvalue weighted by molar-refractivity contribution is 14.1. The number of carboxylic acid groups (broad SMARTS) is 1. The van der Waals surface area contributed by atoms with E-state index in [9.17, 15) is 4.79 Å². The molecule has 4 nitrogen and oxygen atoms in total. The van der Waals surface area contributed by atoms with Crippen LogP contribution < -0.4 is 4.74 Å². The quantitative estimate of drug-likeness (QED) is 0.674. The molecule has 70 valence electrons. The molecular weight excluding hydrogens is 285 g/mol. The van der Waals surface area contributed by atoms with Crippen LogP contribution in [0.15, 0.2) is 12.3 Å². The molecule has 0 radical (unpaired) electrons. The van der Waals surface area contributed by atoms with Crippen LogP contribution in [0.25, 0.3) is 0 Å². The largest absolute Gasteiger partial charge is 0.494 e. The monoisotopic (exact) mass is 293 g/mol. The lowest BCUT2D eigenvalue weighted by atomic mass is 10.2. The Morgan fingerprint density at radius 1 is 1.77 bits per heavy atom. The van der Waals surface area contributed by atoms with Crippen LogP contribution in [0.2, 0.25) is 0 Å². The Hall–Kier alpha value is -0.850. The van der Waals surface area contributed by atoms with E-state index in [-0.39, 0.29) is 6.42 Å². The van der Waals surface area contributed by atoms with E-state index >= 15 is 0 Å². The molecule has 0 aliphatic carbocycles. The van der Waals surface area contributed by atoms with Gasteiger partial charge in [-0.05, 0) is 34.2 Å². The van der Waals surface area contributed by atoms with Crippen LogP contribution in [0, 0.1) is 3.70 Å². The predicted octanol–water partition coefficient (Wildman–Crippen LogP) is 1.32. The number of hydrogen-bond acceptors (Lipinski definition) is 3. The fraction of sp³-hybridized carbons (Fsp3) is 0.250. The first-order chi connectivity index (χ1) is 6.13. The highest BCUT2D eigenvalue weighted by Gasteiger charge is 2.05. The molecule has 1 heterocycles. The lowest BCUT2D eigenvalue weighted by Gasteiger charge is -2.03. The number of carboxylic acids is 1. The van der Waals surface area contributed by atoms with Gasteiger partial charge in [0, 0.05) is 6.20 Å². The first-order valence-corrected chi connectivity index (χ1v) is 4.61. The van der Waals surface area contributed by atoms with Crippen molar-refractivity contribution in [2.75, 3.05) is 7.11 Å². The van der Waals surface area contributed by atoms with Gasteiger partial charge in [-0.3, -0.25) is 4.79 Å². The zero-order valence-corrected chi connectivity index (χ0v) is 9.11. The van der Waals surface area contributed by atoms with Gasteiger partial charge in [0.2, 0.25) is 0 Å². The van der Waals surface area contributed by atoms with Crippen LogP contribution in [-0.2, 0) is 11.2 Å². The summed E-state index contributed by atoms with van der Waals surface area (Å²) in [6.07, 6.45) is 1.51. The molecule has 0 spiro atoms. The molecule has 0 aromatic carbocycles. The number of aromatic nitrogens is 1. The molecular formula is C8H8INO3. The first kappa shape index (κ1) is 10.2. The van der Waals surface area contributed by atoms with Crippen LogP contribution in [0.3, 0.4) is 0 Å². The lowest BCUT2D eigenvalue weighted by molar-refractivity contribution is -0.136. The molecule has 1 aromatic heterocycles. The number of rotatable bonds is 3. The van der Waals surface area contributed by atoms with Crippen molar-refractivity contribution < 1.29 is 14.6 Å². The molecule has 0 bridgehead atoms. The van der Waals surface area contributed by atoms with Crippen molar-refractivity contribution in [1.82, 2.24) is 4.98 Å². The molecule has 0 unspecified atom stereocenters. The summed E-state index contributed by atoms with van der Waals surface area (Å²) in [5, 5.41) is 8.53. The molecule has 0 aliphatic rings. The zero-order valence-electron chi connectivity index (χ0n) is 6.95. The summed E-state index contributed by atoms with van der Waals surface area (Å²) in [4.78, 5) is 14.4. The van der Waals surface area contributed by atoms with Crippen LogP contribution in [0.4, 0.5) is 0 Å². The molecule has 1 aromatic rings. The topological polar surface area (TPSA) is 59.4 Å². The lowest BCUT2D eigenvalue weighted by Crippen LogP contribution is -2.01. The van der Waals surface area contributed by atoms with E-state index in [4.69, 9.17) is 9.84 Å². The summed E-state index contributed by atoms with van der Waals surface area (Å²) in [6, 6.07) is 1.68. The van der Waals surface area contributed by atoms with Crippen LogP contribution in [0.5, 0.6) is 5.75 Å². The van der Waals surface area contributed by atoms with E-state index in [0.717, 1.165) is 3.70 Å². The van der Waals surface area contributed by atoms with Crippen molar-refractivity contribution in [1.29, 1.82) is 0 Å². The van der Waals surface area contributed by atoms with Gasteiger partial charge in [0.05, 0.1) is 13.5 Å². The van der Waals surface area contributed by atoms with E-state index in [1.807, 2.05) is 22.6 Å². The Kier molecular flexibility index (Phi) is 3.47. The number of hydrogen-bond donors (Lipinski definition) is 1. The van der Waals surface area contributed by atoms with Crippen molar-refractivity contribution >= 4 is 28.6 Å². The van der Waals surface area contributed by atoms with E-state index in [0.29, 0.717) is 11.3 Å². The number of pyridine rings is 1. The van der Waals surface area contributed by atoms with Crippen molar-refractivity contribution in [2.24, 2.45) is 0 Å². The second-order valence-corrected chi connectivity index (χ2v) is 3.43. The number of ether oxygens (including phenoxy) is 1. The van der Waals surface area contributed by atoms with E-state index in [1.54, 1.807) is 12.3 Å². The van der Waals surface area contributed by atoms with Crippen LogP contribution in [0.1, 0.15) is 5.56 Å². The van der Waals surface area contributed by atoms with Crippen molar-refractivity contribution in [3.8, 4) is 5.75 Å². The Balaban J connectivity index is 2.92. The van der Waals surface area contributed by atoms with Gasteiger partial charge in [0.15, 0.2) is 5.75 Å². The van der Waals surface area contributed by atoms with Crippen molar-refractivity contribution in [3.63, 3.8) is 0 Å². The average molecular weight is 293 g/mol. The number of nitrogens with zero attached hydrogens (tertiary/aromatic N) is 1. The van der Waals surface area contributed by atoms with Crippen LogP contribution in [-0.4, -0.2) is 23.2 Å². The van der Waals surface area contributed by atoms with Gasteiger partial charge < -0.3 is 9.84 Å². The Morgan fingerprint density at radius 2 is 2.46 bits per heavy atom. The van der Waals surface area contributed by atoms with Crippen molar-refractivity contribution in [3.05, 3.63) is 21.5 Å². The molecule has 1 N–H and O–H groups in total. The van der Waals surface area contributed by atoms with Gasteiger partial charge in [-0.1, -0.05) is 0 Å². The molecule has 0 amide bonds. The second kappa shape index (κ2) is 4.40. The van der Waals surface area contributed by atoms with Gasteiger partial charge in [-0.25, -0.2) is 4.98 Å². The molecule has 0 saturated heterocycles. The highest BCUT2D eigenvalue weighted by Crippen LogP contribution is 2.19. The highest BCUT2D eigenvalue weighted by atomic mass is 127. The summed E-state index contributed by atoms with van der Waals surface area (Å²) < 4.78 is 5.74. The van der Waals surface area contributed by atoms with Crippen molar-refractivity contribution in [2.45, 2.75) is 6.42 Å². The Morgan fingerprint density at radius 3 is 3.00 bits per heavy atom. The summed E-state index contributed by atoms with van der Waals surface area (Å²) >= 11 is 2.03. The van der Waals surface area contributed by atoms with E-state index < -0.39 is 5.97 Å². The maximum absolute atomic E-state index is 10.4. The van der Waals surface area contributed by atoms with E-state index in [1.165, 1.54) is 7.11 Å². The van der Waals surface area contributed by atoms with Gasteiger partial charge in [0.25, 0.3) is 0 Å². The number of methoxy groups -OCH3 is 1. The number of aliphatic carboxylic acids is 1. The smallest absolute Gasteiger partial charge is 0.307 e. The fourth-order valence-electron chi connectivity index (χ4n) is 0.883. The minimum atomic E-state index is -0.870. The normalized spacial score (nSPS) is 9.69. The summed E-state index contributed by atoms with van der Waals surface area (Å²) in [5.41, 5.74) is 0.643. The standard InChI is InChI=1S/C8H8INO3/c1-13-6-2-5(3-7(11)12)4-10-8(6)9/h2,4H,3H2,1H3,(H,11,12). The average Bonchev–Trinajstić information content (AvgIpc) is 2.07. The third-order valence-electron chi connectivity index (χ3n) is 1.44. The third-order valence-corrected chi connectivity index (χ3v) is 2.25. The minimum Gasteiger partial charge on any atom is -0.494 e. The first-order valence-electron chi connectivity index (χ1n) is 3.53. The van der Waals surface area contributed by atoms with Gasteiger partial charge in [-0.2, -0.15) is 0 Å². The maximum Gasteiger partial charge on any atom is 0.307 e. The SMILES string of the molecule is COc1cc(CC(=O)O)cnc1I.